The van der Waals surface area contributed by atoms with Gasteiger partial charge in [-0.25, -0.2) is 4.79 Å². The van der Waals surface area contributed by atoms with E-state index in [1.54, 1.807) is 7.11 Å². The van der Waals surface area contributed by atoms with Crippen LogP contribution in [0.2, 0.25) is 0 Å². The molecule has 0 bridgehead atoms. The Kier molecular flexibility index (Phi) is 8.22. The molecule has 0 aromatic heterocycles. The number of methoxy groups -OCH3 is 1. The molecule has 0 aliphatic rings. The molecular weight excluding hydrogens is 304 g/mol. The van der Waals surface area contributed by atoms with Crippen molar-refractivity contribution in [3.63, 3.8) is 0 Å². The summed E-state index contributed by atoms with van der Waals surface area (Å²) in [5.74, 6) is 0.516. The van der Waals surface area contributed by atoms with Crippen molar-refractivity contribution in [2.75, 3.05) is 13.7 Å². The van der Waals surface area contributed by atoms with Crippen molar-refractivity contribution in [1.29, 1.82) is 0 Å². The van der Waals surface area contributed by atoms with Crippen LogP contribution >= 0.6 is 0 Å². The predicted molar refractivity (Wildman–Crippen MR) is 96.9 cm³/mol. The van der Waals surface area contributed by atoms with Crippen molar-refractivity contribution in [1.82, 2.24) is 10.6 Å². The molecule has 1 amide bonds. The van der Waals surface area contributed by atoms with Crippen molar-refractivity contribution in [3.05, 3.63) is 35.4 Å². The SMILES string of the molecule is COCC(NCc1ccc(CNC(=O)OC(C)(C)C)cc1)C(C)C. The molecule has 1 aromatic carbocycles. The lowest BCUT2D eigenvalue weighted by Gasteiger charge is -2.21. The molecule has 5 nitrogen and oxygen atoms in total. The lowest BCUT2D eigenvalue weighted by Crippen LogP contribution is -2.37. The summed E-state index contributed by atoms with van der Waals surface area (Å²) in [4.78, 5) is 11.6. The minimum atomic E-state index is -0.477. The monoisotopic (exact) mass is 336 g/mol. The Labute approximate surface area is 146 Å². The van der Waals surface area contributed by atoms with Crippen molar-refractivity contribution >= 4 is 6.09 Å². The Bertz CT molecular complexity index is 492. The summed E-state index contributed by atoms with van der Waals surface area (Å²) in [5.41, 5.74) is 1.77. The van der Waals surface area contributed by atoms with E-state index >= 15 is 0 Å². The maximum Gasteiger partial charge on any atom is 0.407 e. The maximum atomic E-state index is 11.6. The topological polar surface area (TPSA) is 59.6 Å². The third-order valence-corrected chi connectivity index (χ3v) is 3.58. The van der Waals surface area contributed by atoms with Gasteiger partial charge in [0.2, 0.25) is 0 Å². The van der Waals surface area contributed by atoms with Crippen molar-refractivity contribution in [2.45, 2.75) is 59.4 Å². The van der Waals surface area contributed by atoms with Gasteiger partial charge < -0.3 is 20.1 Å². The molecule has 1 atom stereocenters. The van der Waals surface area contributed by atoms with Gasteiger partial charge >= 0.3 is 6.09 Å². The first kappa shape index (κ1) is 20.5. The molecule has 0 saturated carbocycles. The van der Waals surface area contributed by atoms with Gasteiger partial charge in [-0.3, -0.25) is 0 Å². The summed E-state index contributed by atoms with van der Waals surface area (Å²) in [7, 11) is 1.73. The van der Waals surface area contributed by atoms with E-state index in [4.69, 9.17) is 9.47 Å². The van der Waals surface area contributed by atoms with Gasteiger partial charge in [0.05, 0.1) is 6.61 Å². The van der Waals surface area contributed by atoms with Crippen molar-refractivity contribution in [3.8, 4) is 0 Å². The summed E-state index contributed by atoms with van der Waals surface area (Å²) < 4.78 is 10.5. The maximum absolute atomic E-state index is 11.6. The molecular formula is C19H32N2O3. The second kappa shape index (κ2) is 9.64. The number of benzene rings is 1. The summed E-state index contributed by atoms with van der Waals surface area (Å²) in [6, 6.07) is 8.53. The highest BCUT2D eigenvalue weighted by atomic mass is 16.6. The molecule has 0 saturated heterocycles. The minimum Gasteiger partial charge on any atom is -0.444 e. The second-order valence-corrected chi connectivity index (χ2v) is 7.36. The Balaban J connectivity index is 2.44. The molecule has 0 heterocycles. The fourth-order valence-corrected chi connectivity index (χ4v) is 2.18. The molecule has 24 heavy (non-hydrogen) atoms. The highest BCUT2D eigenvalue weighted by Gasteiger charge is 2.15. The molecule has 0 fully saturated rings. The van der Waals surface area contributed by atoms with E-state index in [9.17, 15) is 4.79 Å². The van der Waals surface area contributed by atoms with Gasteiger partial charge in [-0.2, -0.15) is 0 Å². The number of ether oxygens (including phenoxy) is 2. The molecule has 1 unspecified atom stereocenters. The molecule has 0 radical (unpaired) electrons. The molecule has 1 aromatic rings. The van der Waals surface area contributed by atoms with Crippen LogP contribution in [0, 0.1) is 5.92 Å². The number of rotatable bonds is 8. The Morgan fingerprint density at radius 2 is 1.62 bits per heavy atom. The quantitative estimate of drug-likeness (QED) is 0.763. The van der Waals surface area contributed by atoms with E-state index in [1.165, 1.54) is 5.56 Å². The number of carbonyl (C=O) groups is 1. The predicted octanol–water partition coefficient (Wildman–Crippen LogP) is 3.47. The third kappa shape index (κ3) is 8.31. The molecule has 0 aliphatic carbocycles. The van der Waals surface area contributed by atoms with Gasteiger partial charge in [0.1, 0.15) is 5.60 Å². The zero-order valence-corrected chi connectivity index (χ0v) is 15.8. The zero-order valence-electron chi connectivity index (χ0n) is 15.8. The van der Waals surface area contributed by atoms with E-state index in [2.05, 4.69) is 36.6 Å². The van der Waals surface area contributed by atoms with Gasteiger partial charge in [-0.1, -0.05) is 38.1 Å². The number of nitrogens with one attached hydrogen (secondary N) is 2. The lowest BCUT2D eigenvalue weighted by molar-refractivity contribution is 0.0523. The largest absolute Gasteiger partial charge is 0.444 e. The number of hydrogen-bond donors (Lipinski definition) is 2. The van der Waals surface area contributed by atoms with Crippen LogP contribution in [0.4, 0.5) is 4.79 Å². The van der Waals surface area contributed by atoms with Crippen LogP contribution in [-0.4, -0.2) is 31.5 Å². The molecule has 5 heteroatoms. The van der Waals surface area contributed by atoms with E-state index < -0.39 is 11.7 Å². The third-order valence-electron chi connectivity index (χ3n) is 3.58. The van der Waals surface area contributed by atoms with Crippen LogP contribution in [0.15, 0.2) is 24.3 Å². The van der Waals surface area contributed by atoms with Crippen molar-refractivity contribution in [2.24, 2.45) is 5.92 Å². The first-order valence-electron chi connectivity index (χ1n) is 8.48. The average molecular weight is 336 g/mol. The van der Waals surface area contributed by atoms with E-state index in [-0.39, 0.29) is 0 Å². The fraction of sp³-hybridized carbons (Fsp3) is 0.632. The molecule has 0 spiro atoms. The number of alkyl carbamates (subject to hydrolysis) is 1. The normalized spacial score (nSPS) is 13.0. The van der Waals surface area contributed by atoms with Crippen LogP contribution in [0.25, 0.3) is 0 Å². The van der Waals surface area contributed by atoms with Crippen molar-refractivity contribution < 1.29 is 14.3 Å². The van der Waals surface area contributed by atoms with Crippen LogP contribution < -0.4 is 10.6 Å². The van der Waals surface area contributed by atoms with Crippen LogP contribution in [0.1, 0.15) is 45.7 Å². The molecule has 1 rings (SSSR count). The Hall–Kier alpha value is -1.59. The van der Waals surface area contributed by atoms with Crippen LogP contribution in [0.5, 0.6) is 0 Å². The lowest BCUT2D eigenvalue weighted by atomic mass is 10.0. The molecule has 136 valence electrons. The Morgan fingerprint density at radius 3 is 2.08 bits per heavy atom. The summed E-state index contributed by atoms with van der Waals surface area (Å²) >= 11 is 0. The second-order valence-electron chi connectivity index (χ2n) is 7.36. The zero-order chi connectivity index (χ0) is 18.2. The van der Waals surface area contributed by atoms with E-state index in [1.807, 2.05) is 32.9 Å². The van der Waals surface area contributed by atoms with Gasteiger partial charge in [0.25, 0.3) is 0 Å². The summed E-state index contributed by atoms with van der Waals surface area (Å²) in [5, 5.41) is 6.28. The van der Waals surface area contributed by atoms with E-state index in [0.717, 1.165) is 12.1 Å². The average Bonchev–Trinajstić information content (AvgIpc) is 2.48. The van der Waals surface area contributed by atoms with Gasteiger partial charge in [-0.05, 0) is 37.8 Å². The smallest absolute Gasteiger partial charge is 0.407 e. The fourth-order valence-electron chi connectivity index (χ4n) is 2.18. The number of amides is 1. The molecule has 2 N–H and O–H groups in total. The standard InChI is InChI=1S/C19H32N2O3/c1-14(2)17(13-23-6)20-11-15-7-9-16(10-8-15)12-21-18(22)24-19(3,4)5/h7-10,14,17,20H,11-13H2,1-6H3,(H,21,22). The van der Waals surface area contributed by atoms with Gasteiger partial charge in [0.15, 0.2) is 0 Å². The molecule has 0 aliphatic heterocycles. The minimum absolute atomic E-state index is 0.337. The number of carbonyl (C=O) groups excluding carboxylic acids is 1. The van der Waals surface area contributed by atoms with Crippen LogP contribution in [-0.2, 0) is 22.6 Å². The Morgan fingerprint density at radius 1 is 1.08 bits per heavy atom. The van der Waals surface area contributed by atoms with Crippen LogP contribution in [0.3, 0.4) is 0 Å². The summed E-state index contributed by atoms with van der Waals surface area (Å²) in [6.45, 7) is 11.9. The summed E-state index contributed by atoms with van der Waals surface area (Å²) in [6.07, 6.45) is -0.396. The van der Waals surface area contributed by atoms with Gasteiger partial charge in [-0.15, -0.1) is 0 Å². The first-order valence-corrected chi connectivity index (χ1v) is 8.48. The first-order chi connectivity index (χ1) is 11.2. The van der Waals surface area contributed by atoms with E-state index in [0.29, 0.717) is 25.1 Å². The highest BCUT2D eigenvalue weighted by Crippen LogP contribution is 2.09. The van der Waals surface area contributed by atoms with Gasteiger partial charge in [0, 0.05) is 26.2 Å². The highest BCUT2D eigenvalue weighted by molar-refractivity contribution is 5.67. The number of hydrogen-bond acceptors (Lipinski definition) is 4.